The third-order valence-electron chi connectivity index (χ3n) is 3.30. The van der Waals surface area contributed by atoms with Gasteiger partial charge < -0.3 is 10.6 Å². The molecule has 0 aromatic carbocycles. The number of piperidine rings is 1. The summed E-state index contributed by atoms with van der Waals surface area (Å²) >= 11 is 4.94. The van der Waals surface area contributed by atoms with Crippen molar-refractivity contribution < 1.29 is 4.79 Å². The van der Waals surface area contributed by atoms with E-state index < -0.39 is 0 Å². The van der Waals surface area contributed by atoms with E-state index in [2.05, 4.69) is 15.9 Å². The molecule has 2 atom stereocenters. The van der Waals surface area contributed by atoms with Crippen molar-refractivity contribution in [3.05, 3.63) is 20.8 Å². The van der Waals surface area contributed by atoms with Crippen LogP contribution in [0.15, 0.2) is 15.2 Å². The Kier molecular flexibility index (Phi) is 4.22. The standard InChI is InChI=1S/C12H17BrN2OS/c1-8(14)9-3-2-4-15(6-9)12(16)10-5-11(13)17-7-10/h5,7-9H,2-4,6,14H2,1H3/t8-,9-/m1/s1. The van der Waals surface area contributed by atoms with Gasteiger partial charge in [-0.05, 0) is 47.7 Å². The summed E-state index contributed by atoms with van der Waals surface area (Å²) in [5, 5.41) is 1.90. The number of likely N-dealkylation sites (tertiary alicyclic amines) is 1. The molecule has 0 spiro atoms. The summed E-state index contributed by atoms with van der Waals surface area (Å²) in [7, 11) is 0. The van der Waals surface area contributed by atoms with Crippen molar-refractivity contribution in [2.24, 2.45) is 11.7 Å². The molecular weight excluding hydrogens is 300 g/mol. The summed E-state index contributed by atoms with van der Waals surface area (Å²) in [5.41, 5.74) is 6.71. The van der Waals surface area contributed by atoms with E-state index in [1.807, 2.05) is 23.3 Å². The molecule has 0 unspecified atom stereocenters. The fourth-order valence-corrected chi connectivity index (χ4v) is 3.36. The fraction of sp³-hybridized carbons (Fsp3) is 0.583. The van der Waals surface area contributed by atoms with Gasteiger partial charge in [-0.1, -0.05) is 0 Å². The Bertz CT molecular complexity index is 405. The molecule has 1 fully saturated rings. The van der Waals surface area contributed by atoms with Gasteiger partial charge in [-0.15, -0.1) is 11.3 Å². The first-order valence-electron chi connectivity index (χ1n) is 5.87. The third kappa shape index (κ3) is 3.09. The average molecular weight is 317 g/mol. The molecule has 94 valence electrons. The molecule has 17 heavy (non-hydrogen) atoms. The van der Waals surface area contributed by atoms with Crippen LogP contribution in [0.5, 0.6) is 0 Å². The van der Waals surface area contributed by atoms with Crippen molar-refractivity contribution in [2.45, 2.75) is 25.8 Å². The predicted octanol–water partition coefficient (Wildman–Crippen LogP) is 2.71. The zero-order valence-corrected chi connectivity index (χ0v) is 12.3. The van der Waals surface area contributed by atoms with Gasteiger partial charge in [0.25, 0.3) is 5.91 Å². The van der Waals surface area contributed by atoms with Crippen molar-refractivity contribution in [3.63, 3.8) is 0 Å². The molecule has 2 rings (SSSR count). The molecule has 2 N–H and O–H groups in total. The van der Waals surface area contributed by atoms with Crippen LogP contribution in [-0.2, 0) is 0 Å². The molecule has 2 heterocycles. The quantitative estimate of drug-likeness (QED) is 0.911. The van der Waals surface area contributed by atoms with Gasteiger partial charge in [-0.2, -0.15) is 0 Å². The van der Waals surface area contributed by atoms with Crippen LogP contribution in [0.1, 0.15) is 30.1 Å². The molecule has 1 aliphatic rings. The van der Waals surface area contributed by atoms with Crippen molar-refractivity contribution in [3.8, 4) is 0 Å². The summed E-state index contributed by atoms with van der Waals surface area (Å²) in [6.07, 6.45) is 2.19. The van der Waals surface area contributed by atoms with Crippen LogP contribution >= 0.6 is 27.3 Å². The van der Waals surface area contributed by atoms with Crippen LogP contribution in [0, 0.1) is 5.92 Å². The van der Waals surface area contributed by atoms with E-state index in [9.17, 15) is 4.79 Å². The van der Waals surface area contributed by atoms with Gasteiger partial charge in [0.2, 0.25) is 0 Å². The minimum atomic E-state index is 0.136. The summed E-state index contributed by atoms with van der Waals surface area (Å²) in [6.45, 7) is 3.68. The Morgan fingerprint density at radius 2 is 2.47 bits per heavy atom. The monoisotopic (exact) mass is 316 g/mol. The summed E-state index contributed by atoms with van der Waals surface area (Å²) < 4.78 is 1.00. The van der Waals surface area contributed by atoms with Gasteiger partial charge in [0.1, 0.15) is 0 Å². The fourth-order valence-electron chi connectivity index (χ4n) is 2.23. The number of thiophene rings is 1. The lowest BCUT2D eigenvalue weighted by atomic mass is 9.92. The van der Waals surface area contributed by atoms with Crippen LogP contribution < -0.4 is 5.73 Å². The van der Waals surface area contributed by atoms with Crippen molar-refractivity contribution in [2.75, 3.05) is 13.1 Å². The Balaban J connectivity index is 2.04. The average Bonchev–Trinajstić information content (AvgIpc) is 2.75. The Morgan fingerprint density at radius 3 is 3.06 bits per heavy atom. The molecule has 0 radical (unpaired) electrons. The second kappa shape index (κ2) is 5.50. The molecule has 1 aromatic rings. The predicted molar refractivity (Wildman–Crippen MR) is 74.3 cm³/mol. The van der Waals surface area contributed by atoms with Gasteiger partial charge in [0, 0.05) is 24.5 Å². The molecular formula is C12H17BrN2OS. The molecule has 1 saturated heterocycles. The molecule has 3 nitrogen and oxygen atoms in total. The second-order valence-electron chi connectivity index (χ2n) is 4.65. The van der Waals surface area contributed by atoms with Crippen LogP contribution in [0.2, 0.25) is 0 Å². The number of amides is 1. The molecule has 5 heteroatoms. The van der Waals surface area contributed by atoms with Crippen molar-refractivity contribution >= 4 is 33.2 Å². The topological polar surface area (TPSA) is 46.3 Å². The highest BCUT2D eigenvalue weighted by molar-refractivity contribution is 9.11. The molecule has 1 amide bonds. The molecule has 0 bridgehead atoms. The number of carbonyl (C=O) groups excluding carboxylic acids is 1. The molecule has 1 aromatic heterocycles. The number of nitrogens with zero attached hydrogens (tertiary/aromatic N) is 1. The lowest BCUT2D eigenvalue weighted by Crippen LogP contribution is -2.44. The third-order valence-corrected chi connectivity index (χ3v) is 4.81. The molecule has 0 saturated carbocycles. The van der Waals surface area contributed by atoms with Gasteiger partial charge in [-0.3, -0.25) is 4.79 Å². The van der Waals surface area contributed by atoms with E-state index in [0.29, 0.717) is 5.92 Å². The van der Waals surface area contributed by atoms with E-state index in [-0.39, 0.29) is 11.9 Å². The maximum absolute atomic E-state index is 12.3. The highest BCUT2D eigenvalue weighted by Gasteiger charge is 2.26. The second-order valence-corrected chi connectivity index (χ2v) is 6.94. The van der Waals surface area contributed by atoms with E-state index in [4.69, 9.17) is 5.73 Å². The van der Waals surface area contributed by atoms with E-state index in [1.54, 1.807) is 11.3 Å². The van der Waals surface area contributed by atoms with Crippen LogP contribution in [0.25, 0.3) is 0 Å². The van der Waals surface area contributed by atoms with Crippen molar-refractivity contribution in [1.82, 2.24) is 4.90 Å². The van der Waals surface area contributed by atoms with Gasteiger partial charge in [0.15, 0.2) is 0 Å². The minimum absolute atomic E-state index is 0.136. The van der Waals surface area contributed by atoms with Gasteiger partial charge >= 0.3 is 0 Å². The first kappa shape index (κ1) is 13.1. The first-order valence-corrected chi connectivity index (χ1v) is 7.54. The SMILES string of the molecule is C[C@@H](N)[C@@H]1CCCN(C(=O)c2csc(Br)c2)C1. The summed E-state index contributed by atoms with van der Waals surface area (Å²) in [4.78, 5) is 14.2. The summed E-state index contributed by atoms with van der Waals surface area (Å²) in [5.74, 6) is 0.576. The first-order chi connectivity index (χ1) is 8.08. The Morgan fingerprint density at radius 1 is 1.71 bits per heavy atom. The normalized spacial score (nSPS) is 22.5. The van der Waals surface area contributed by atoms with Crippen LogP contribution in [0.3, 0.4) is 0 Å². The largest absolute Gasteiger partial charge is 0.338 e. The number of carbonyl (C=O) groups is 1. The summed E-state index contributed by atoms with van der Waals surface area (Å²) in [6, 6.07) is 2.06. The maximum atomic E-state index is 12.3. The number of hydrogen-bond acceptors (Lipinski definition) is 3. The lowest BCUT2D eigenvalue weighted by molar-refractivity contribution is 0.0661. The van der Waals surface area contributed by atoms with Crippen molar-refractivity contribution in [1.29, 1.82) is 0 Å². The number of hydrogen-bond donors (Lipinski definition) is 1. The molecule has 1 aliphatic heterocycles. The number of halogens is 1. The number of nitrogens with two attached hydrogens (primary N) is 1. The van der Waals surface area contributed by atoms with Gasteiger partial charge in [0.05, 0.1) is 9.35 Å². The molecule has 0 aliphatic carbocycles. The Hall–Kier alpha value is -0.390. The van der Waals surface area contributed by atoms with Gasteiger partial charge in [-0.25, -0.2) is 0 Å². The zero-order chi connectivity index (χ0) is 12.4. The highest BCUT2D eigenvalue weighted by atomic mass is 79.9. The van der Waals surface area contributed by atoms with E-state index >= 15 is 0 Å². The lowest BCUT2D eigenvalue weighted by Gasteiger charge is -2.34. The smallest absolute Gasteiger partial charge is 0.254 e. The zero-order valence-electron chi connectivity index (χ0n) is 9.86. The van der Waals surface area contributed by atoms with Crippen LogP contribution in [-0.4, -0.2) is 29.9 Å². The van der Waals surface area contributed by atoms with Crippen LogP contribution in [0.4, 0.5) is 0 Å². The minimum Gasteiger partial charge on any atom is -0.338 e. The number of rotatable bonds is 2. The maximum Gasteiger partial charge on any atom is 0.254 e. The van der Waals surface area contributed by atoms with E-state index in [1.165, 1.54) is 0 Å². The Labute approximate surface area is 114 Å². The van der Waals surface area contributed by atoms with E-state index in [0.717, 1.165) is 35.3 Å². The highest BCUT2D eigenvalue weighted by Crippen LogP contribution is 2.24.